The minimum Gasteiger partial charge on any atom is -0.356 e. The van der Waals surface area contributed by atoms with Crippen molar-refractivity contribution >= 4 is 12.2 Å². The van der Waals surface area contributed by atoms with Crippen molar-refractivity contribution in [2.24, 2.45) is 5.92 Å². The average molecular weight is 196 g/mol. The first kappa shape index (κ1) is 11.2. The predicted octanol–water partition coefficient (Wildman–Crippen LogP) is 1.57. The van der Waals surface area contributed by atoms with Crippen molar-refractivity contribution in [3.05, 3.63) is 0 Å². The van der Waals surface area contributed by atoms with Crippen LogP contribution in [0.25, 0.3) is 0 Å². The van der Waals surface area contributed by atoms with Crippen LogP contribution in [0, 0.1) is 5.92 Å². The number of carbonyl (C=O) groups excluding carboxylic acids is 2. The maximum Gasteiger partial charge on any atom is 0.220 e. The number of rotatable bonds is 5. The SMILES string of the molecule is O=[C]CCNC(=O)CC1CCCCC1. The molecule has 3 heteroatoms. The van der Waals surface area contributed by atoms with E-state index in [1.807, 2.05) is 0 Å². The predicted molar refractivity (Wildman–Crippen MR) is 54.5 cm³/mol. The van der Waals surface area contributed by atoms with Gasteiger partial charge in [-0.25, -0.2) is 0 Å². The van der Waals surface area contributed by atoms with E-state index in [0.717, 1.165) is 0 Å². The first-order chi connectivity index (χ1) is 6.83. The molecule has 1 aliphatic rings. The summed E-state index contributed by atoms with van der Waals surface area (Å²) >= 11 is 0. The molecule has 1 aliphatic carbocycles. The molecule has 0 aromatic heterocycles. The molecular formula is C11H18NO2. The Morgan fingerprint density at radius 3 is 2.64 bits per heavy atom. The third kappa shape index (κ3) is 4.40. The standard InChI is InChI=1S/C11H18NO2/c13-8-4-7-12-11(14)9-10-5-2-1-3-6-10/h10H,1-7,9H2,(H,12,14). The lowest BCUT2D eigenvalue weighted by molar-refractivity contribution is -0.122. The van der Waals surface area contributed by atoms with Gasteiger partial charge in [-0.05, 0) is 18.8 Å². The molecule has 1 rings (SSSR count). The zero-order valence-corrected chi connectivity index (χ0v) is 8.55. The maximum absolute atomic E-state index is 11.3. The third-order valence-corrected chi connectivity index (χ3v) is 2.75. The quantitative estimate of drug-likeness (QED) is 0.678. The molecule has 1 saturated carbocycles. The van der Waals surface area contributed by atoms with Crippen molar-refractivity contribution in [2.45, 2.75) is 44.9 Å². The topological polar surface area (TPSA) is 46.2 Å². The lowest BCUT2D eigenvalue weighted by atomic mass is 9.87. The van der Waals surface area contributed by atoms with Gasteiger partial charge in [0.2, 0.25) is 5.91 Å². The molecule has 1 fully saturated rings. The number of hydrogen-bond donors (Lipinski definition) is 1. The molecule has 14 heavy (non-hydrogen) atoms. The largest absolute Gasteiger partial charge is 0.356 e. The van der Waals surface area contributed by atoms with Crippen LogP contribution >= 0.6 is 0 Å². The average Bonchev–Trinajstić information content (AvgIpc) is 2.20. The Kier molecular flexibility index (Phi) is 5.27. The monoisotopic (exact) mass is 196 g/mol. The Labute approximate surface area is 85.3 Å². The van der Waals surface area contributed by atoms with Crippen molar-refractivity contribution in [2.75, 3.05) is 6.54 Å². The van der Waals surface area contributed by atoms with Gasteiger partial charge >= 0.3 is 0 Å². The van der Waals surface area contributed by atoms with Gasteiger partial charge in [-0.2, -0.15) is 0 Å². The molecule has 0 bridgehead atoms. The highest BCUT2D eigenvalue weighted by Gasteiger charge is 2.16. The Bertz CT molecular complexity index is 186. The summed E-state index contributed by atoms with van der Waals surface area (Å²) in [5, 5.41) is 2.73. The van der Waals surface area contributed by atoms with Crippen molar-refractivity contribution in [1.29, 1.82) is 0 Å². The van der Waals surface area contributed by atoms with E-state index in [9.17, 15) is 9.59 Å². The molecule has 0 spiro atoms. The van der Waals surface area contributed by atoms with Gasteiger partial charge < -0.3 is 5.32 Å². The minimum absolute atomic E-state index is 0.0900. The number of amides is 1. The molecule has 0 saturated heterocycles. The van der Waals surface area contributed by atoms with Crippen LogP contribution in [0.2, 0.25) is 0 Å². The van der Waals surface area contributed by atoms with Gasteiger partial charge in [0, 0.05) is 19.4 Å². The Hall–Kier alpha value is -0.860. The molecule has 1 amide bonds. The molecule has 0 unspecified atom stereocenters. The Balaban J connectivity index is 2.09. The van der Waals surface area contributed by atoms with Crippen molar-refractivity contribution in [1.82, 2.24) is 5.32 Å². The zero-order valence-electron chi connectivity index (χ0n) is 8.55. The summed E-state index contributed by atoms with van der Waals surface area (Å²) in [6.45, 7) is 0.440. The third-order valence-electron chi connectivity index (χ3n) is 2.75. The van der Waals surface area contributed by atoms with E-state index in [2.05, 4.69) is 5.32 Å². The molecule has 0 aromatic carbocycles. The van der Waals surface area contributed by atoms with Crippen LogP contribution in [-0.2, 0) is 9.59 Å². The molecular weight excluding hydrogens is 178 g/mol. The number of hydrogen-bond acceptors (Lipinski definition) is 2. The fourth-order valence-electron chi connectivity index (χ4n) is 1.98. The Morgan fingerprint density at radius 2 is 2.00 bits per heavy atom. The second-order valence-corrected chi connectivity index (χ2v) is 3.95. The van der Waals surface area contributed by atoms with Crippen molar-refractivity contribution < 1.29 is 9.59 Å². The number of nitrogens with one attached hydrogen (secondary N) is 1. The van der Waals surface area contributed by atoms with Crippen LogP contribution in [0.15, 0.2) is 0 Å². The van der Waals surface area contributed by atoms with Crippen LogP contribution in [0.5, 0.6) is 0 Å². The van der Waals surface area contributed by atoms with E-state index in [1.165, 1.54) is 32.1 Å². The lowest BCUT2D eigenvalue weighted by Gasteiger charge is -2.20. The van der Waals surface area contributed by atoms with E-state index < -0.39 is 0 Å². The molecule has 0 aliphatic heterocycles. The summed E-state index contributed by atoms with van der Waals surface area (Å²) in [5.41, 5.74) is 0. The fourth-order valence-corrected chi connectivity index (χ4v) is 1.98. The summed E-state index contributed by atoms with van der Waals surface area (Å²) in [5.74, 6) is 0.663. The van der Waals surface area contributed by atoms with Gasteiger partial charge in [0.15, 0.2) is 6.29 Å². The molecule has 0 aromatic rings. The van der Waals surface area contributed by atoms with Gasteiger partial charge in [-0.1, -0.05) is 19.3 Å². The smallest absolute Gasteiger partial charge is 0.220 e. The first-order valence-electron chi connectivity index (χ1n) is 5.44. The maximum atomic E-state index is 11.3. The van der Waals surface area contributed by atoms with Crippen LogP contribution in [0.4, 0.5) is 0 Å². The highest BCUT2D eigenvalue weighted by molar-refractivity contribution is 5.76. The zero-order chi connectivity index (χ0) is 10.2. The van der Waals surface area contributed by atoms with Crippen LogP contribution in [-0.4, -0.2) is 18.7 Å². The summed E-state index contributed by atoms with van der Waals surface area (Å²) in [6.07, 6.45) is 8.92. The Morgan fingerprint density at radius 1 is 1.29 bits per heavy atom. The van der Waals surface area contributed by atoms with E-state index >= 15 is 0 Å². The van der Waals surface area contributed by atoms with Gasteiger partial charge in [0.05, 0.1) is 0 Å². The van der Waals surface area contributed by atoms with Crippen LogP contribution in [0.1, 0.15) is 44.9 Å². The van der Waals surface area contributed by atoms with E-state index in [4.69, 9.17) is 0 Å². The van der Waals surface area contributed by atoms with Gasteiger partial charge in [0.1, 0.15) is 0 Å². The fraction of sp³-hybridized carbons (Fsp3) is 0.818. The number of carbonyl (C=O) groups is 1. The summed E-state index contributed by atoms with van der Waals surface area (Å²) in [6, 6.07) is 0. The molecule has 3 nitrogen and oxygen atoms in total. The summed E-state index contributed by atoms with van der Waals surface area (Å²) < 4.78 is 0. The first-order valence-corrected chi connectivity index (χ1v) is 5.44. The van der Waals surface area contributed by atoms with E-state index in [0.29, 0.717) is 25.3 Å². The van der Waals surface area contributed by atoms with Crippen molar-refractivity contribution in [3.63, 3.8) is 0 Å². The van der Waals surface area contributed by atoms with E-state index in [-0.39, 0.29) is 5.91 Å². The second-order valence-electron chi connectivity index (χ2n) is 3.95. The highest BCUT2D eigenvalue weighted by Crippen LogP contribution is 2.25. The molecule has 1 radical (unpaired) electrons. The molecule has 1 N–H and O–H groups in total. The molecule has 0 atom stereocenters. The second kappa shape index (κ2) is 6.57. The molecule has 79 valence electrons. The summed E-state index contributed by atoms with van der Waals surface area (Å²) in [4.78, 5) is 21.2. The van der Waals surface area contributed by atoms with E-state index in [1.54, 1.807) is 6.29 Å². The highest BCUT2D eigenvalue weighted by atomic mass is 16.1. The van der Waals surface area contributed by atoms with Crippen LogP contribution in [0.3, 0.4) is 0 Å². The molecule has 0 heterocycles. The summed E-state index contributed by atoms with van der Waals surface area (Å²) in [7, 11) is 0. The van der Waals surface area contributed by atoms with Gasteiger partial charge in [0.25, 0.3) is 0 Å². The minimum atomic E-state index is 0.0900. The normalized spacial score (nSPS) is 17.7. The van der Waals surface area contributed by atoms with Crippen molar-refractivity contribution in [3.8, 4) is 0 Å². The van der Waals surface area contributed by atoms with Crippen LogP contribution < -0.4 is 5.32 Å². The van der Waals surface area contributed by atoms with Gasteiger partial charge in [-0.15, -0.1) is 0 Å². The lowest BCUT2D eigenvalue weighted by Crippen LogP contribution is -2.27. The van der Waals surface area contributed by atoms with Gasteiger partial charge in [-0.3, -0.25) is 9.59 Å².